The van der Waals surface area contributed by atoms with Crippen molar-refractivity contribution in [2.24, 2.45) is 11.1 Å². The number of hydrogen-bond donors (Lipinski definition) is 1. The van der Waals surface area contributed by atoms with E-state index < -0.39 is 18.8 Å². The van der Waals surface area contributed by atoms with Gasteiger partial charge in [0.2, 0.25) is 0 Å². The van der Waals surface area contributed by atoms with Crippen LogP contribution >= 0.6 is 0 Å². The van der Waals surface area contributed by atoms with Crippen molar-refractivity contribution in [3.05, 3.63) is 0 Å². The highest BCUT2D eigenvalue weighted by molar-refractivity contribution is 4.95. The first-order chi connectivity index (χ1) is 4.22. The zero-order valence-electron chi connectivity index (χ0n) is 5.24. The topological polar surface area (TPSA) is 26.0 Å². The van der Waals surface area contributed by atoms with Crippen molar-refractivity contribution in [3.8, 4) is 0 Å². The summed E-state index contributed by atoms with van der Waals surface area (Å²) in [6.07, 6.45) is 1.03. The molecule has 0 amide bonds. The van der Waals surface area contributed by atoms with Gasteiger partial charge in [0.15, 0.2) is 0 Å². The van der Waals surface area contributed by atoms with Crippen LogP contribution in [-0.2, 0) is 0 Å². The number of halogens is 2. The van der Waals surface area contributed by atoms with E-state index in [2.05, 4.69) is 0 Å². The van der Waals surface area contributed by atoms with Crippen LogP contribution < -0.4 is 5.73 Å². The van der Waals surface area contributed by atoms with Gasteiger partial charge in [-0.25, -0.2) is 0 Å². The van der Waals surface area contributed by atoms with Gasteiger partial charge in [-0.2, -0.15) is 0 Å². The molecule has 1 rings (SSSR count). The molecule has 1 aliphatic carbocycles. The predicted molar refractivity (Wildman–Crippen MR) is 31.6 cm³/mol. The fourth-order valence-electron chi connectivity index (χ4n) is 1.31. The maximum Gasteiger partial charge on any atom is 0.0976 e. The summed E-state index contributed by atoms with van der Waals surface area (Å²) in [7, 11) is 0. The molecule has 1 nitrogen and oxygen atoms in total. The van der Waals surface area contributed by atoms with E-state index in [1.807, 2.05) is 0 Å². The van der Waals surface area contributed by atoms with Gasteiger partial charge in [0.05, 0.1) is 13.3 Å². The van der Waals surface area contributed by atoms with E-state index in [1.54, 1.807) is 0 Å². The molecular formula is C6H11F2N. The van der Waals surface area contributed by atoms with Crippen LogP contribution in [0.25, 0.3) is 0 Å². The van der Waals surface area contributed by atoms with Crippen LogP contribution in [0.3, 0.4) is 0 Å². The first kappa shape index (κ1) is 6.93. The molecule has 0 aliphatic heterocycles. The molecule has 0 aromatic heterocycles. The minimum absolute atomic E-state index is 0.0384. The monoisotopic (exact) mass is 135 g/mol. The quantitative estimate of drug-likeness (QED) is 0.601. The Bertz CT molecular complexity index is 93.2. The number of alkyl halides is 2. The lowest BCUT2D eigenvalue weighted by Crippen LogP contribution is -2.48. The summed E-state index contributed by atoms with van der Waals surface area (Å²) in [5.41, 5.74) is 4.69. The number of rotatable bonds is 2. The number of nitrogens with two attached hydrogens (primary N) is 1. The highest BCUT2D eigenvalue weighted by atomic mass is 19.1. The Hall–Kier alpha value is -0.180. The molecule has 1 aliphatic rings. The van der Waals surface area contributed by atoms with E-state index in [0.29, 0.717) is 12.8 Å². The van der Waals surface area contributed by atoms with E-state index in [0.717, 1.165) is 0 Å². The SMILES string of the molecule is NC1CC(CF)(CF)C1. The molecule has 54 valence electrons. The second-order valence-corrected chi connectivity index (χ2v) is 2.94. The van der Waals surface area contributed by atoms with Gasteiger partial charge in [0.25, 0.3) is 0 Å². The van der Waals surface area contributed by atoms with Crippen molar-refractivity contribution < 1.29 is 8.78 Å². The summed E-state index contributed by atoms with van der Waals surface area (Å²) in [4.78, 5) is 0. The zero-order chi connectivity index (χ0) is 6.91. The Kier molecular flexibility index (Phi) is 1.70. The average molecular weight is 135 g/mol. The van der Waals surface area contributed by atoms with E-state index in [-0.39, 0.29) is 6.04 Å². The molecule has 0 atom stereocenters. The van der Waals surface area contributed by atoms with E-state index >= 15 is 0 Å². The molecule has 0 heterocycles. The van der Waals surface area contributed by atoms with Gasteiger partial charge in [-0.15, -0.1) is 0 Å². The van der Waals surface area contributed by atoms with Crippen molar-refractivity contribution in [3.63, 3.8) is 0 Å². The van der Waals surface area contributed by atoms with Gasteiger partial charge in [0, 0.05) is 11.5 Å². The van der Waals surface area contributed by atoms with Crippen LogP contribution in [-0.4, -0.2) is 19.4 Å². The highest BCUT2D eigenvalue weighted by Crippen LogP contribution is 2.40. The molecule has 0 spiro atoms. The Labute approximate surface area is 53.2 Å². The van der Waals surface area contributed by atoms with Crippen molar-refractivity contribution in [2.75, 3.05) is 13.3 Å². The van der Waals surface area contributed by atoms with E-state index in [9.17, 15) is 8.78 Å². The molecule has 0 unspecified atom stereocenters. The van der Waals surface area contributed by atoms with E-state index in [1.165, 1.54) is 0 Å². The van der Waals surface area contributed by atoms with Crippen LogP contribution in [0.2, 0.25) is 0 Å². The van der Waals surface area contributed by atoms with Crippen LogP contribution in [0.4, 0.5) is 8.78 Å². The van der Waals surface area contributed by atoms with Gasteiger partial charge in [-0.3, -0.25) is 8.78 Å². The van der Waals surface area contributed by atoms with Gasteiger partial charge in [-0.1, -0.05) is 0 Å². The Morgan fingerprint density at radius 3 is 1.89 bits per heavy atom. The number of hydrogen-bond acceptors (Lipinski definition) is 1. The fraction of sp³-hybridized carbons (Fsp3) is 1.00. The second-order valence-electron chi connectivity index (χ2n) is 2.94. The second kappa shape index (κ2) is 2.21. The molecule has 0 bridgehead atoms. The average Bonchev–Trinajstić information content (AvgIpc) is 1.81. The van der Waals surface area contributed by atoms with Crippen molar-refractivity contribution in [1.82, 2.24) is 0 Å². The molecule has 0 aromatic carbocycles. The summed E-state index contributed by atoms with van der Waals surface area (Å²) < 4.78 is 23.9. The normalized spacial score (nSPS) is 25.7. The van der Waals surface area contributed by atoms with Crippen LogP contribution in [0.1, 0.15) is 12.8 Å². The molecule has 9 heavy (non-hydrogen) atoms. The van der Waals surface area contributed by atoms with E-state index in [4.69, 9.17) is 5.73 Å². The maximum atomic E-state index is 12.0. The largest absolute Gasteiger partial charge is 0.328 e. The lowest BCUT2D eigenvalue weighted by Gasteiger charge is -2.41. The third-order valence-electron chi connectivity index (χ3n) is 1.96. The molecule has 0 saturated heterocycles. The summed E-state index contributed by atoms with van der Waals surface area (Å²) in [5.74, 6) is 0. The first-order valence-electron chi connectivity index (χ1n) is 3.10. The predicted octanol–water partition coefficient (Wildman–Crippen LogP) is 1.03. The standard InChI is InChI=1S/C6H11F2N/c7-3-6(4-8)1-5(9)2-6/h5H,1-4,9H2. The molecule has 2 N–H and O–H groups in total. The molecule has 0 radical (unpaired) electrons. The molecule has 1 saturated carbocycles. The molecule has 3 heteroatoms. The van der Waals surface area contributed by atoms with Gasteiger partial charge in [0.1, 0.15) is 0 Å². The minimum atomic E-state index is -0.681. The lowest BCUT2D eigenvalue weighted by molar-refractivity contribution is 0.0395. The Morgan fingerprint density at radius 1 is 1.33 bits per heavy atom. The molecular weight excluding hydrogens is 124 g/mol. The fourth-order valence-corrected chi connectivity index (χ4v) is 1.31. The summed E-state index contributed by atoms with van der Waals surface area (Å²) >= 11 is 0. The lowest BCUT2D eigenvalue weighted by atomic mass is 9.68. The Balaban J connectivity index is 2.36. The molecule has 1 fully saturated rings. The van der Waals surface area contributed by atoms with Crippen LogP contribution in [0, 0.1) is 5.41 Å². The van der Waals surface area contributed by atoms with Crippen molar-refractivity contribution in [1.29, 1.82) is 0 Å². The van der Waals surface area contributed by atoms with Crippen LogP contribution in [0.5, 0.6) is 0 Å². The smallest absolute Gasteiger partial charge is 0.0976 e. The zero-order valence-corrected chi connectivity index (χ0v) is 5.24. The minimum Gasteiger partial charge on any atom is -0.328 e. The highest BCUT2D eigenvalue weighted by Gasteiger charge is 2.42. The maximum absolute atomic E-state index is 12.0. The first-order valence-corrected chi connectivity index (χ1v) is 3.10. The van der Waals surface area contributed by atoms with Crippen LogP contribution in [0.15, 0.2) is 0 Å². The third-order valence-corrected chi connectivity index (χ3v) is 1.96. The molecule has 0 aromatic rings. The summed E-state index contributed by atoms with van der Waals surface area (Å²) in [6, 6.07) is 0.0384. The van der Waals surface area contributed by atoms with Crippen molar-refractivity contribution in [2.45, 2.75) is 18.9 Å². The third kappa shape index (κ3) is 1.06. The summed E-state index contributed by atoms with van der Waals surface area (Å²) in [6.45, 7) is -1.12. The van der Waals surface area contributed by atoms with Gasteiger partial charge < -0.3 is 5.73 Å². The Morgan fingerprint density at radius 2 is 1.78 bits per heavy atom. The summed E-state index contributed by atoms with van der Waals surface area (Å²) in [5, 5.41) is 0. The van der Waals surface area contributed by atoms with Gasteiger partial charge >= 0.3 is 0 Å². The van der Waals surface area contributed by atoms with Crippen molar-refractivity contribution >= 4 is 0 Å². The van der Waals surface area contributed by atoms with Gasteiger partial charge in [-0.05, 0) is 12.8 Å².